The van der Waals surface area contributed by atoms with Crippen molar-refractivity contribution in [3.8, 4) is 0 Å². The Bertz CT molecular complexity index is 212. The number of halogens is 2. The molecule has 0 atom stereocenters. The number of rotatable bonds is 1. The summed E-state index contributed by atoms with van der Waals surface area (Å²) >= 11 is 12.0. The minimum absolute atomic E-state index is 0.437. The van der Waals surface area contributed by atoms with Gasteiger partial charge in [0, 0.05) is 10.1 Å². The van der Waals surface area contributed by atoms with Crippen LogP contribution in [0.3, 0.4) is 0 Å². The van der Waals surface area contributed by atoms with E-state index in [0.717, 1.165) is 28.5 Å². The van der Waals surface area contributed by atoms with Crippen molar-refractivity contribution in [1.82, 2.24) is 0 Å². The van der Waals surface area contributed by atoms with Crippen LogP contribution < -0.4 is 0 Å². The van der Waals surface area contributed by atoms with E-state index < -0.39 is 0 Å². The van der Waals surface area contributed by atoms with Crippen LogP contribution in [0.4, 0.5) is 0 Å². The monoisotopic (exact) mass is 190 g/mol. The van der Waals surface area contributed by atoms with E-state index in [1.54, 1.807) is 0 Å². The highest BCUT2D eigenvalue weighted by molar-refractivity contribution is 6.36. The van der Waals surface area contributed by atoms with Gasteiger partial charge in [-0.2, -0.15) is 0 Å². The van der Waals surface area contributed by atoms with Crippen LogP contribution in [0, 0.1) is 5.92 Å². The predicted molar refractivity (Wildman–Crippen MR) is 50.9 cm³/mol. The average molecular weight is 191 g/mol. The summed E-state index contributed by atoms with van der Waals surface area (Å²) in [4.78, 5) is 0. The first-order valence-electron chi connectivity index (χ1n) is 3.87. The average Bonchev–Trinajstić information content (AvgIpc) is 1.85. The Morgan fingerprint density at radius 2 is 2.00 bits per heavy atom. The molecule has 62 valence electrons. The molecule has 0 aromatic carbocycles. The highest BCUT2D eigenvalue weighted by Crippen LogP contribution is 2.34. The summed E-state index contributed by atoms with van der Waals surface area (Å²) < 4.78 is 0. The summed E-state index contributed by atoms with van der Waals surface area (Å²) in [5.74, 6) is 0.437. The van der Waals surface area contributed by atoms with Gasteiger partial charge in [-0.3, -0.25) is 0 Å². The van der Waals surface area contributed by atoms with E-state index in [-0.39, 0.29) is 0 Å². The van der Waals surface area contributed by atoms with Crippen LogP contribution >= 0.6 is 23.2 Å². The van der Waals surface area contributed by atoms with Crippen molar-refractivity contribution in [3.05, 3.63) is 21.7 Å². The first kappa shape index (κ1) is 9.15. The largest absolute Gasteiger partial charge is 0.0888 e. The van der Waals surface area contributed by atoms with Gasteiger partial charge in [-0.05, 0) is 24.3 Å². The van der Waals surface area contributed by atoms with Crippen LogP contribution in [-0.2, 0) is 0 Å². The Labute approximate surface area is 77.9 Å². The number of allylic oxidation sites excluding steroid dienone is 4. The van der Waals surface area contributed by atoms with Gasteiger partial charge in [0.05, 0.1) is 0 Å². The van der Waals surface area contributed by atoms with Crippen LogP contribution in [0.15, 0.2) is 21.7 Å². The van der Waals surface area contributed by atoms with Crippen molar-refractivity contribution in [2.75, 3.05) is 0 Å². The Morgan fingerprint density at radius 1 is 1.36 bits per heavy atom. The molecule has 0 aromatic rings. The molecule has 0 amide bonds. The molecule has 0 aromatic heterocycles. The minimum Gasteiger partial charge on any atom is -0.0888 e. The molecule has 0 bridgehead atoms. The fraction of sp³-hybridized carbons (Fsp3) is 0.556. The van der Waals surface area contributed by atoms with Crippen molar-refractivity contribution in [3.63, 3.8) is 0 Å². The summed E-state index contributed by atoms with van der Waals surface area (Å²) in [5, 5.41) is 1.78. The van der Waals surface area contributed by atoms with Gasteiger partial charge in [0.25, 0.3) is 0 Å². The molecule has 1 aliphatic rings. The summed E-state index contributed by atoms with van der Waals surface area (Å²) in [6, 6.07) is 0. The second-order valence-corrected chi connectivity index (χ2v) is 3.93. The standard InChI is InChI=1S/C9H12Cl2/c1-6(2)9-7(10)4-3-5-8(9)11/h4,6H,3,5H2,1-2H3. The van der Waals surface area contributed by atoms with E-state index in [0.29, 0.717) is 5.92 Å². The van der Waals surface area contributed by atoms with E-state index in [1.165, 1.54) is 0 Å². The van der Waals surface area contributed by atoms with Crippen LogP contribution in [0.25, 0.3) is 0 Å². The SMILES string of the molecule is CC(C)C1=C(Cl)CCC=C1Cl. The van der Waals surface area contributed by atoms with Crippen molar-refractivity contribution in [2.45, 2.75) is 26.7 Å². The molecule has 11 heavy (non-hydrogen) atoms. The lowest BCUT2D eigenvalue weighted by molar-refractivity contribution is 0.763. The van der Waals surface area contributed by atoms with E-state index in [1.807, 2.05) is 6.08 Å². The molecule has 0 radical (unpaired) electrons. The Kier molecular flexibility index (Phi) is 3.03. The topological polar surface area (TPSA) is 0 Å². The normalized spacial score (nSPS) is 19.2. The van der Waals surface area contributed by atoms with E-state index in [2.05, 4.69) is 13.8 Å². The maximum atomic E-state index is 6.03. The first-order chi connectivity index (χ1) is 5.13. The van der Waals surface area contributed by atoms with Gasteiger partial charge in [-0.15, -0.1) is 0 Å². The summed E-state index contributed by atoms with van der Waals surface area (Å²) in [7, 11) is 0. The molecule has 0 fully saturated rings. The third kappa shape index (κ3) is 2.00. The Balaban J connectivity index is 2.94. The smallest absolute Gasteiger partial charge is 0.0412 e. The molecule has 0 aliphatic heterocycles. The molecule has 0 spiro atoms. The number of hydrogen-bond acceptors (Lipinski definition) is 0. The molecule has 0 heterocycles. The van der Waals surface area contributed by atoms with Crippen molar-refractivity contribution in [2.24, 2.45) is 5.92 Å². The van der Waals surface area contributed by atoms with E-state index in [4.69, 9.17) is 23.2 Å². The fourth-order valence-corrected chi connectivity index (χ4v) is 2.21. The van der Waals surface area contributed by atoms with Crippen molar-refractivity contribution in [1.29, 1.82) is 0 Å². The van der Waals surface area contributed by atoms with Gasteiger partial charge in [-0.1, -0.05) is 43.1 Å². The molecular weight excluding hydrogens is 179 g/mol. The van der Waals surface area contributed by atoms with Gasteiger partial charge in [0.1, 0.15) is 0 Å². The quantitative estimate of drug-likeness (QED) is 0.586. The molecule has 0 saturated heterocycles. The Hall–Kier alpha value is 0.0600. The molecule has 2 heteroatoms. The summed E-state index contributed by atoms with van der Waals surface area (Å²) in [5.41, 5.74) is 1.12. The lowest BCUT2D eigenvalue weighted by Crippen LogP contribution is -2.00. The van der Waals surface area contributed by atoms with Crippen LogP contribution in [0.5, 0.6) is 0 Å². The molecule has 0 N–H and O–H groups in total. The highest BCUT2D eigenvalue weighted by atomic mass is 35.5. The van der Waals surface area contributed by atoms with Crippen molar-refractivity contribution < 1.29 is 0 Å². The van der Waals surface area contributed by atoms with Gasteiger partial charge in [0.2, 0.25) is 0 Å². The van der Waals surface area contributed by atoms with Crippen molar-refractivity contribution >= 4 is 23.2 Å². The third-order valence-electron chi connectivity index (χ3n) is 1.81. The van der Waals surface area contributed by atoms with Gasteiger partial charge < -0.3 is 0 Å². The molecule has 0 unspecified atom stereocenters. The first-order valence-corrected chi connectivity index (χ1v) is 4.63. The maximum Gasteiger partial charge on any atom is 0.0412 e. The molecular formula is C9H12Cl2. The lowest BCUT2D eigenvalue weighted by atomic mass is 9.97. The van der Waals surface area contributed by atoms with Gasteiger partial charge in [0.15, 0.2) is 0 Å². The van der Waals surface area contributed by atoms with E-state index in [9.17, 15) is 0 Å². The van der Waals surface area contributed by atoms with Crippen LogP contribution in [0.1, 0.15) is 26.7 Å². The van der Waals surface area contributed by atoms with Crippen LogP contribution in [0.2, 0.25) is 0 Å². The maximum absolute atomic E-state index is 6.03. The van der Waals surface area contributed by atoms with Gasteiger partial charge in [-0.25, -0.2) is 0 Å². The zero-order valence-electron chi connectivity index (χ0n) is 6.82. The molecule has 0 saturated carbocycles. The van der Waals surface area contributed by atoms with Gasteiger partial charge >= 0.3 is 0 Å². The third-order valence-corrected chi connectivity index (χ3v) is 2.56. The predicted octanol–water partition coefficient (Wildman–Crippen LogP) is 4.05. The molecule has 1 aliphatic carbocycles. The second-order valence-electron chi connectivity index (χ2n) is 3.06. The number of hydrogen-bond donors (Lipinski definition) is 0. The van der Waals surface area contributed by atoms with Crippen LogP contribution in [-0.4, -0.2) is 0 Å². The fourth-order valence-electron chi connectivity index (χ4n) is 1.29. The Morgan fingerprint density at radius 3 is 2.36 bits per heavy atom. The summed E-state index contributed by atoms with van der Waals surface area (Å²) in [6.45, 7) is 4.22. The molecule has 1 rings (SSSR count). The zero-order chi connectivity index (χ0) is 8.43. The second kappa shape index (κ2) is 3.64. The minimum atomic E-state index is 0.437. The summed E-state index contributed by atoms with van der Waals surface area (Å²) in [6.07, 6.45) is 3.97. The lowest BCUT2D eigenvalue weighted by Gasteiger charge is -2.17. The van der Waals surface area contributed by atoms with E-state index >= 15 is 0 Å². The molecule has 0 nitrogen and oxygen atoms in total. The zero-order valence-corrected chi connectivity index (χ0v) is 8.34. The highest BCUT2D eigenvalue weighted by Gasteiger charge is 2.15.